The molecular formula is C25H29N9O3. The second-order valence-electron chi connectivity index (χ2n) is 7.27. The van der Waals surface area contributed by atoms with Crippen LogP contribution in [0.3, 0.4) is 0 Å². The number of nitrogens with zero attached hydrogens (tertiary/aromatic N) is 8. The number of ether oxygens (including phenoxy) is 2. The summed E-state index contributed by atoms with van der Waals surface area (Å²) in [6.45, 7) is -25.5. The van der Waals surface area contributed by atoms with Gasteiger partial charge in [0.05, 0.1) is 50.1 Å². The third-order valence-corrected chi connectivity index (χ3v) is 5.02. The number of nitrogens with two attached hydrogens (primary N) is 1. The van der Waals surface area contributed by atoms with Gasteiger partial charge in [-0.15, -0.1) is 5.10 Å². The Hall–Kier alpha value is -4.16. The summed E-state index contributed by atoms with van der Waals surface area (Å²) in [6, 6.07) is 6.70. The molecule has 37 heavy (non-hydrogen) atoms. The number of rotatable bonds is 9. The molecule has 5 heterocycles. The third-order valence-electron chi connectivity index (χ3n) is 5.02. The van der Waals surface area contributed by atoms with E-state index in [1.165, 1.54) is 6.26 Å². The number of furan rings is 1. The van der Waals surface area contributed by atoms with Crippen molar-refractivity contribution in [3.63, 3.8) is 0 Å². The van der Waals surface area contributed by atoms with Crippen LogP contribution in [-0.4, -0.2) is 87.0 Å². The van der Waals surface area contributed by atoms with Crippen LogP contribution < -0.4 is 15.4 Å². The first kappa shape index (κ1) is 10.7. The van der Waals surface area contributed by atoms with Gasteiger partial charge in [0, 0.05) is 50.7 Å². The van der Waals surface area contributed by atoms with E-state index in [1.54, 1.807) is 12.1 Å². The van der Waals surface area contributed by atoms with Crippen LogP contribution >= 0.6 is 0 Å². The highest BCUT2D eigenvalue weighted by molar-refractivity contribution is 5.90. The molecule has 0 amide bonds. The zero-order valence-electron chi connectivity index (χ0n) is 36.6. The maximum absolute atomic E-state index is 8.91. The summed E-state index contributed by atoms with van der Waals surface area (Å²) in [4.78, 5) is 8.59. The Morgan fingerprint density at radius 3 is 2.78 bits per heavy atom. The molecule has 0 saturated carbocycles. The molecule has 1 aromatic carbocycles. The second kappa shape index (κ2) is 10.1. The summed E-state index contributed by atoms with van der Waals surface area (Å²) >= 11 is 0. The maximum atomic E-state index is 8.91. The summed E-state index contributed by atoms with van der Waals surface area (Å²) in [7, 11) is -3.35. The van der Waals surface area contributed by atoms with Gasteiger partial charge in [0.2, 0.25) is 11.8 Å². The van der Waals surface area contributed by atoms with Crippen LogP contribution in [0.4, 0.5) is 11.6 Å². The molecule has 0 spiro atoms. The van der Waals surface area contributed by atoms with E-state index < -0.39 is 82.4 Å². The fourth-order valence-corrected chi connectivity index (χ4v) is 3.35. The molecule has 12 heteroatoms. The summed E-state index contributed by atoms with van der Waals surface area (Å²) in [6.07, 6.45) is 0.781. The summed E-state index contributed by atoms with van der Waals surface area (Å²) < 4.78 is 165. The van der Waals surface area contributed by atoms with Gasteiger partial charge in [-0.3, -0.25) is 4.90 Å². The predicted molar refractivity (Wildman–Crippen MR) is 139 cm³/mol. The average Bonchev–Trinajstić information content (AvgIpc) is 3.78. The molecule has 0 radical (unpaired) electrons. The number of piperazine rings is 1. The number of anilines is 2. The molecule has 0 atom stereocenters. The first-order valence-electron chi connectivity index (χ1n) is 19.5. The Kier molecular flexibility index (Phi) is 2.91. The molecule has 1 aliphatic rings. The Labute approximate surface area is 238 Å². The first-order valence-corrected chi connectivity index (χ1v) is 10.5. The van der Waals surface area contributed by atoms with E-state index >= 15 is 0 Å². The monoisotopic (exact) mass is 521 g/mol. The number of methoxy groups -OCH3 is 1. The third kappa shape index (κ3) is 4.68. The molecular weight excluding hydrogens is 474 g/mol. The minimum Gasteiger partial charge on any atom is -0.491 e. The van der Waals surface area contributed by atoms with Crippen LogP contribution in [0.5, 0.6) is 5.75 Å². The average molecular weight is 522 g/mol. The van der Waals surface area contributed by atoms with Crippen molar-refractivity contribution in [2.75, 3.05) is 63.3 Å². The molecule has 2 N–H and O–H groups in total. The van der Waals surface area contributed by atoms with E-state index in [2.05, 4.69) is 24.9 Å². The maximum Gasteiger partial charge on any atom is 0.225 e. The number of aromatic nitrogens is 6. The fourth-order valence-electron chi connectivity index (χ4n) is 3.35. The molecule has 5 aromatic rings. The SMILES string of the molecule is [2H]c1nn(C([2H])([2H])CN2C([2H])([2H])C([2H])([2H])N(c3ccc(OC([2H])([2H])C([2H])([2H])OC([2H])([2H])[2H])cc3)C([2H])([2H])C2([2H])[2H])c2nc(N)n3nc(-c4ccco4)nc3c12. The van der Waals surface area contributed by atoms with E-state index in [4.69, 9.17) is 39.6 Å². The van der Waals surface area contributed by atoms with Crippen molar-refractivity contribution in [3.8, 4) is 17.3 Å². The highest BCUT2D eigenvalue weighted by atomic mass is 16.5. The Morgan fingerprint density at radius 1 is 1.14 bits per heavy atom. The molecule has 1 fully saturated rings. The van der Waals surface area contributed by atoms with Crippen molar-refractivity contribution in [1.82, 2.24) is 34.3 Å². The van der Waals surface area contributed by atoms with Gasteiger partial charge in [-0.1, -0.05) is 0 Å². The van der Waals surface area contributed by atoms with Crippen molar-refractivity contribution < 1.29 is 38.6 Å². The van der Waals surface area contributed by atoms with Crippen LogP contribution in [0.15, 0.2) is 53.3 Å². The van der Waals surface area contributed by atoms with E-state index in [9.17, 15) is 0 Å². The highest BCUT2D eigenvalue weighted by Crippen LogP contribution is 2.24. The Balaban J connectivity index is 1.34. The van der Waals surface area contributed by atoms with Crippen LogP contribution in [0, 0.1) is 0 Å². The lowest BCUT2D eigenvalue weighted by molar-refractivity contribution is 0.146. The van der Waals surface area contributed by atoms with Crippen LogP contribution in [-0.2, 0) is 11.2 Å². The highest BCUT2D eigenvalue weighted by Gasteiger charge is 2.20. The standard InChI is InChI=1S/C25H29N9O3/c1-35-15-16-36-19-6-4-18(5-7-19)32-11-8-31(9-12-32)10-13-33-23-20(17-27-33)24-28-22(21-3-2-14-37-21)30-34(24)25(26)29-23/h2-7,14,17H,8-13,15-16H2,1H3,(H2,26,29)/i1D3,8D2,9D2,11D2,12D2,13D2,15D2,16D2,17D. The lowest BCUT2D eigenvalue weighted by atomic mass is 10.2. The number of fused-ring (bicyclic) bond motifs is 3. The first-order chi connectivity index (χ1) is 25.0. The van der Waals surface area contributed by atoms with Gasteiger partial charge < -0.3 is 24.5 Å². The van der Waals surface area contributed by atoms with Gasteiger partial charge in [0.1, 0.15) is 12.3 Å². The zero-order chi connectivity index (χ0) is 41.1. The van der Waals surface area contributed by atoms with Gasteiger partial charge in [-0.25, -0.2) is 9.67 Å². The van der Waals surface area contributed by atoms with Crippen LogP contribution in [0.25, 0.3) is 28.3 Å². The molecule has 1 saturated heterocycles. The largest absolute Gasteiger partial charge is 0.491 e. The number of nitrogen functional groups attached to an aromatic ring is 1. The van der Waals surface area contributed by atoms with E-state index in [0.717, 1.165) is 28.8 Å². The molecule has 0 bridgehead atoms. The van der Waals surface area contributed by atoms with Crippen molar-refractivity contribution in [3.05, 3.63) is 48.8 Å². The minimum atomic E-state index is -3.55. The van der Waals surface area contributed by atoms with Crippen molar-refractivity contribution >= 4 is 28.3 Å². The van der Waals surface area contributed by atoms with Gasteiger partial charge in [-0.05, 0) is 36.4 Å². The lowest BCUT2D eigenvalue weighted by Crippen LogP contribution is -2.47. The summed E-state index contributed by atoms with van der Waals surface area (Å²) in [5.74, 6) is -0.559. The van der Waals surface area contributed by atoms with Crippen molar-refractivity contribution in [2.24, 2.45) is 0 Å². The summed E-state index contributed by atoms with van der Waals surface area (Å²) in [5, 5.41) is 7.95. The topological polar surface area (TPSA) is 125 Å². The number of hydrogen-bond donors (Lipinski definition) is 1. The predicted octanol–water partition coefficient (Wildman–Crippen LogP) is 2.16. The molecule has 0 aliphatic carbocycles. The molecule has 6 rings (SSSR count). The van der Waals surface area contributed by atoms with E-state index in [1.807, 2.05) is 0 Å². The number of benzene rings is 1. The van der Waals surface area contributed by atoms with Crippen LogP contribution in [0.2, 0.25) is 0 Å². The molecule has 0 unspecified atom stereocenters. The smallest absolute Gasteiger partial charge is 0.225 e. The lowest BCUT2D eigenvalue weighted by Gasteiger charge is -2.36. The van der Waals surface area contributed by atoms with Gasteiger partial charge in [-0.2, -0.15) is 14.6 Å². The van der Waals surface area contributed by atoms with Gasteiger partial charge >= 0.3 is 0 Å². The Morgan fingerprint density at radius 2 is 2.00 bits per heavy atom. The molecule has 1 aliphatic heterocycles. The molecule has 12 nitrogen and oxygen atoms in total. The van der Waals surface area contributed by atoms with Crippen LogP contribution in [0.1, 0.15) is 24.7 Å². The van der Waals surface area contributed by atoms with Crippen molar-refractivity contribution in [1.29, 1.82) is 0 Å². The quantitative estimate of drug-likeness (QED) is 0.308. The number of hydrogen-bond acceptors (Lipinski definition) is 10. The molecule has 192 valence electrons. The normalized spacial score (nSPS) is 28.8. The minimum absolute atomic E-state index is 0.0145. The Bertz CT molecular complexity index is 2210. The summed E-state index contributed by atoms with van der Waals surface area (Å²) in [5.41, 5.74) is 5.11. The van der Waals surface area contributed by atoms with Gasteiger partial charge in [0.15, 0.2) is 17.1 Å². The zero-order valence-corrected chi connectivity index (χ0v) is 18.6. The van der Waals surface area contributed by atoms with Crippen molar-refractivity contribution in [2.45, 2.75) is 6.50 Å². The van der Waals surface area contributed by atoms with E-state index in [-0.39, 0.29) is 38.4 Å². The second-order valence-corrected chi connectivity index (χ2v) is 7.27. The van der Waals surface area contributed by atoms with E-state index in [0.29, 0.717) is 4.68 Å². The molecule has 4 aromatic heterocycles. The van der Waals surface area contributed by atoms with Gasteiger partial charge in [0.25, 0.3) is 0 Å². The fraction of sp³-hybridized carbons (Fsp3) is 0.360.